The van der Waals surface area contributed by atoms with Crippen LogP contribution >= 0.6 is 0 Å². The molecule has 8 heteroatoms. The van der Waals surface area contributed by atoms with Crippen molar-refractivity contribution >= 4 is 6.29 Å². The molecule has 0 radical (unpaired) electrons. The van der Waals surface area contributed by atoms with E-state index in [1.54, 1.807) is 0 Å². The van der Waals surface area contributed by atoms with Crippen LogP contribution < -0.4 is 5.56 Å². The monoisotopic (exact) mass is 272 g/mol. The Kier molecular flexibility index (Phi) is 2.93. The number of rotatable bonds is 2. The molecule has 100 valence electrons. The zero-order valence-electron chi connectivity index (χ0n) is 9.23. The molecule has 0 amide bonds. The first-order valence-corrected chi connectivity index (χ1v) is 5.01. The van der Waals surface area contributed by atoms with Crippen LogP contribution in [0.5, 0.6) is 5.88 Å². The minimum atomic E-state index is -4.47. The fourth-order valence-electron chi connectivity index (χ4n) is 1.53. The first-order valence-electron chi connectivity index (χ1n) is 5.01. The highest BCUT2D eigenvalue weighted by atomic mass is 19.4. The van der Waals surface area contributed by atoms with Crippen LogP contribution in [-0.2, 0) is 6.18 Å². The van der Waals surface area contributed by atoms with E-state index < -0.39 is 28.7 Å². The van der Waals surface area contributed by atoms with Gasteiger partial charge in [0.15, 0.2) is 6.29 Å². The average molecular weight is 272 g/mol. The van der Waals surface area contributed by atoms with Crippen molar-refractivity contribution in [3.63, 3.8) is 0 Å². The average Bonchev–Trinajstić information content (AvgIpc) is 2.63. The van der Waals surface area contributed by atoms with Crippen molar-refractivity contribution in [1.82, 2.24) is 9.78 Å². The quantitative estimate of drug-likeness (QED) is 0.817. The third-order valence-electron chi connectivity index (χ3n) is 2.48. The van der Waals surface area contributed by atoms with E-state index in [0.717, 1.165) is 28.9 Å². The molecule has 1 aromatic carbocycles. The first kappa shape index (κ1) is 12.9. The molecule has 2 rings (SSSR count). The smallest absolute Gasteiger partial charge is 0.416 e. The molecule has 2 aromatic rings. The van der Waals surface area contributed by atoms with Gasteiger partial charge in [-0.1, -0.05) is 0 Å². The third kappa shape index (κ3) is 2.24. The molecule has 0 atom stereocenters. The molecule has 0 aliphatic carbocycles. The summed E-state index contributed by atoms with van der Waals surface area (Å²) < 4.78 is 37.9. The Bertz CT molecular complexity index is 668. The van der Waals surface area contributed by atoms with Gasteiger partial charge in [-0.3, -0.25) is 14.7 Å². The van der Waals surface area contributed by atoms with Gasteiger partial charge in [-0.05, 0) is 24.3 Å². The second-order valence-corrected chi connectivity index (χ2v) is 3.68. The lowest BCUT2D eigenvalue weighted by Gasteiger charge is -2.08. The molecule has 0 saturated heterocycles. The highest BCUT2D eigenvalue weighted by Crippen LogP contribution is 2.30. The lowest BCUT2D eigenvalue weighted by Crippen LogP contribution is -2.07. The number of nitrogens with one attached hydrogen (secondary N) is 1. The molecule has 1 aromatic heterocycles. The van der Waals surface area contributed by atoms with E-state index in [0.29, 0.717) is 0 Å². The number of nitrogens with zero attached hydrogens (tertiary/aromatic N) is 1. The molecule has 0 aliphatic rings. The van der Waals surface area contributed by atoms with Crippen LogP contribution in [0.3, 0.4) is 0 Å². The SMILES string of the molecule is O=Cc1c(O)n(-c2ccc(C(F)(F)F)cc2)[nH]c1=O. The second kappa shape index (κ2) is 4.30. The maximum absolute atomic E-state index is 12.4. The summed E-state index contributed by atoms with van der Waals surface area (Å²) in [5.74, 6) is -0.653. The van der Waals surface area contributed by atoms with E-state index in [4.69, 9.17) is 0 Å². The Morgan fingerprint density at radius 3 is 2.21 bits per heavy atom. The Hall–Kier alpha value is -2.51. The summed E-state index contributed by atoms with van der Waals surface area (Å²) in [5.41, 5.74) is -2.08. The number of carbonyl (C=O) groups excluding carboxylic acids is 1. The number of hydrogen-bond acceptors (Lipinski definition) is 3. The first-order chi connectivity index (χ1) is 8.84. The summed E-state index contributed by atoms with van der Waals surface area (Å²) in [4.78, 5) is 21.8. The van der Waals surface area contributed by atoms with Gasteiger partial charge in [-0.15, -0.1) is 0 Å². The van der Waals surface area contributed by atoms with E-state index in [2.05, 4.69) is 5.10 Å². The van der Waals surface area contributed by atoms with Crippen molar-refractivity contribution in [1.29, 1.82) is 0 Å². The van der Waals surface area contributed by atoms with Crippen molar-refractivity contribution in [2.45, 2.75) is 6.18 Å². The number of alkyl halides is 3. The maximum Gasteiger partial charge on any atom is 0.416 e. The Morgan fingerprint density at radius 2 is 1.79 bits per heavy atom. The van der Waals surface area contributed by atoms with Gasteiger partial charge in [0.2, 0.25) is 5.88 Å². The standard InChI is InChI=1S/C11H7F3N2O3/c12-11(13,14)6-1-3-7(4-2-6)16-10(19)8(5-17)9(18)15-16/h1-5,19H,(H,15,18). The molecule has 2 N–H and O–H groups in total. The molecule has 0 unspecified atom stereocenters. The lowest BCUT2D eigenvalue weighted by atomic mass is 10.2. The molecule has 19 heavy (non-hydrogen) atoms. The van der Waals surface area contributed by atoms with Crippen LogP contribution in [0, 0.1) is 0 Å². The Morgan fingerprint density at radius 1 is 1.21 bits per heavy atom. The van der Waals surface area contributed by atoms with E-state index in [9.17, 15) is 27.9 Å². The second-order valence-electron chi connectivity index (χ2n) is 3.68. The fraction of sp³-hybridized carbons (Fsp3) is 0.0909. The Balaban J connectivity index is 2.49. The van der Waals surface area contributed by atoms with E-state index in [1.807, 2.05) is 0 Å². The van der Waals surface area contributed by atoms with Crippen molar-refractivity contribution in [2.75, 3.05) is 0 Å². The van der Waals surface area contributed by atoms with Gasteiger partial charge in [0, 0.05) is 0 Å². The summed E-state index contributed by atoms with van der Waals surface area (Å²) in [6.07, 6.45) is -4.31. The molecular weight excluding hydrogens is 265 g/mol. The number of aldehydes is 1. The number of carbonyl (C=O) groups is 1. The summed E-state index contributed by atoms with van der Waals surface area (Å²) >= 11 is 0. The maximum atomic E-state index is 12.4. The zero-order chi connectivity index (χ0) is 14.2. The van der Waals surface area contributed by atoms with Gasteiger partial charge >= 0.3 is 6.18 Å². The number of hydrogen-bond donors (Lipinski definition) is 2. The van der Waals surface area contributed by atoms with Crippen LogP contribution in [0.25, 0.3) is 5.69 Å². The van der Waals surface area contributed by atoms with Crippen LogP contribution in [0.4, 0.5) is 13.2 Å². The predicted octanol–water partition coefficient (Wildman–Crippen LogP) is 1.70. The summed E-state index contributed by atoms with van der Waals surface area (Å²) in [6.45, 7) is 0. The molecule has 0 saturated carbocycles. The molecule has 0 spiro atoms. The van der Waals surface area contributed by atoms with Crippen molar-refractivity contribution in [3.8, 4) is 11.6 Å². The van der Waals surface area contributed by atoms with Crippen LogP contribution in [0.2, 0.25) is 0 Å². The molecule has 0 aliphatic heterocycles. The van der Waals surface area contributed by atoms with Gasteiger partial charge in [0.25, 0.3) is 5.56 Å². The number of H-pyrrole nitrogens is 1. The van der Waals surface area contributed by atoms with Crippen molar-refractivity contribution in [2.24, 2.45) is 0 Å². The van der Waals surface area contributed by atoms with Crippen molar-refractivity contribution in [3.05, 3.63) is 45.7 Å². The van der Waals surface area contributed by atoms with Gasteiger partial charge < -0.3 is 5.11 Å². The van der Waals surface area contributed by atoms with Gasteiger partial charge in [0.1, 0.15) is 5.56 Å². The number of benzene rings is 1. The summed E-state index contributed by atoms with van der Waals surface area (Å²) in [5, 5.41) is 11.7. The molecule has 1 heterocycles. The third-order valence-corrected chi connectivity index (χ3v) is 2.48. The van der Waals surface area contributed by atoms with Crippen LogP contribution in [0.15, 0.2) is 29.1 Å². The number of aromatic amines is 1. The van der Waals surface area contributed by atoms with E-state index >= 15 is 0 Å². The number of aromatic hydroxyl groups is 1. The largest absolute Gasteiger partial charge is 0.493 e. The summed E-state index contributed by atoms with van der Waals surface area (Å²) in [7, 11) is 0. The zero-order valence-corrected chi connectivity index (χ0v) is 9.23. The highest BCUT2D eigenvalue weighted by molar-refractivity contribution is 5.77. The van der Waals surface area contributed by atoms with Crippen LogP contribution in [0.1, 0.15) is 15.9 Å². The van der Waals surface area contributed by atoms with Crippen LogP contribution in [-0.4, -0.2) is 21.2 Å². The minimum absolute atomic E-state index is 0.0932. The van der Waals surface area contributed by atoms with E-state index in [-0.39, 0.29) is 12.0 Å². The van der Waals surface area contributed by atoms with Gasteiger partial charge in [-0.25, -0.2) is 4.68 Å². The fourth-order valence-corrected chi connectivity index (χ4v) is 1.53. The van der Waals surface area contributed by atoms with Gasteiger partial charge in [-0.2, -0.15) is 13.2 Å². The van der Waals surface area contributed by atoms with Gasteiger partial charge in [0.05, 0.1) is 11.3 Å². The van der Waals surface area contributed by atoms with E-state index in [1.165, 1.54) is 0 Å². The topological polar surface area (TPSA) is 75.1 Å². The predicted molar refractivity (Wildman–Crippen MR) is 58.4 cm³/mol. The molecule has 5 nitrogen and oxygen atoms in total. The normalized spacial score (nSPS) is 11.5. The number of aromatic nitrogens is 2. The summed E-state index contributed by atoms with van der Waals surface area (Å²) in [6, 6.07) is 3.72. The molecule has 0 bridgehead atoms. The molecule has 0 fully saturated rings. The highest BCUT2D eigenvalue weighted by Gasteiger charge is 2.30. The number of halogens is 3. The lowest BCUT2D eigenvalue weighted by molar-refractivity contribution is -0.137. The Labute approximate surface area is 103 Å². The van der Waals surface area contributed by atoms with Crippen molar-refractivity contribution < 1.29 is 23.1 Å². The molecular formula is C11H7F3N2O3. The minimum Gasteiger partial charge on any atom is -0.493 e.